The van der Waals surface area contributed by atoms with Crippen molar-refractivity contribution >= 4 is 41.4 Å². The Bertz CT molecular complexity index is 1900. The van der Waals surface area contributed by atoms with Gasteiger partial charge in [0.15, 0.2) is 5.58 Å². The highest BCUT2D eigenvalue weighted by atomic mass is 16.5. The number of oxazole rings is 1. The summed E-state index contributed by atoms with van der Waals surface area (Å²) in [5.41, 5.74) is 5.80. The summed E-state index contributed by atoms with van der Waals surface area (Å²) in [7, 11) is 3.06. The summed E-state index contributed by atoms with van der Waals surface area (Å²) in [5.74, 6) is 1.52. The van der Waals surface area contributed by atoms with Gasteiger partial charge in [0.2, 0.25) is 17.7 Å². The number of nitrogens with zero attached hydrogens (tertiary/aromatic N) is 4. The number of nitrogens with one attached hydrogen (secondary N) is 5. The highest BCUT2D eigenvalue weighted by Gasteiger charge is 2.42. The van der Waals surface area contributed by atoms with Gasteiger partial charge >= 0.3 is 6.09 Å². The number of ether oxygens (including phenoxy) is 1. The fraction of sp³-hybridized carbons (Fsp3) is 0.421. The second-order valence-corrected chi connectivity index (χ2v) is 13.2. The Morgan fingerprint density at radius 2 is 1.92 bits per heavy atom. The molecule has 2 aliphatic rings. The third-order valence-corrected chi connectivity index (χ3v) is 9.50. The number of rotatable bonds is 17. The SMILES string of the molecule is C=N/C=C(\NCC1CCCN1C(=O)C(NC(=O)OC)C1CC1)c1ccc(-c2nc3cc(-c4cnc(CCCCNC(=O)CNC)[nH]4)ccc3o2)cc1. The predicted molar refractivity (Wildman–Crippen MR) is 199 cm³/mol. The van der Waals surface area contributed by atoms with Gasteiger partial charge < -0.3 is 40.3 Å². The number of carbonyl (C=O) groups excluding carboxylic acids is 3. The number of hydrogen-bond acceptors (Lipinski definition) is 10. The van der Waals surface area contributed by atoms with E-state index >= 15 is 0 Å². The molecule has 1 aliphatic heterocycles. The molecular weight excluding hydrogens is 662 g/mol. The molecule has 2 aromatic carbocycles. The van der Waals surface area contributed by atoms with Gasteiger partial charge in [0.1, 0.15) is 17.4 Å². The molecule has 2 unspecified atom stereocenters. The lowest BCUT2D eigenvalue weighted by atomic mass is 10.1. The van der Waals surface area contributed by atoms with Crippen LogP contribution in [-0.2, 0) is 20.7 Å². The van der Waals surface area contributed by atoms with E-state index in [4.69, 9.17) is 14.1 Å². The van der Waals surface area contributed by atoms with E-state index in [1.54, 1.807) is 13.2 Å². The van der Waals surface area contributed by atoms with Gasteiger partial charge in [-0.25, -0.2) is 14.8 Å². The fourth-order valence-corrected chi connectivity index (χ4v) is 6.57. The molecule has 274 valence electrons. The van der Waals surface area contributed by atoms with E-state index in [2.05, 4.69) is 42.9 Å². The van der Waals surface area contributed by atoms with Crippen LogP contribution in [0.5, 0.6) is 0 Å². The van der Waals surface area contributed by atoms with Crippen LogP contribution in [0.4, 0.5) is 4.79 Å². The third-order valence-electron chi connectivity index (χ3n) is 9.50. The number of fused-ring (bicyclic) bond motifs is 1. The van der Waals surface area contributed by atoms with E-state index < -0.39 is 12.1 Å². The number of methoxy groups -OCH3 is 1. The van der Waals surface area contributed by atoms with Gasteiger partial charge in [0.25, 0.3) is 0 Å². The number of H-pyrrole nitrogens is 1. The number of amides is 3. The summed E-state index contributed by atoms with van der Waals surface area (Å²) in [5, 5.41) is 12.0. The zero-order chi connectivity index (χ0) is 36.5. The minimum Gasteiger partial charge on any atom is -0.453 e. The lowest BCUT2D eigenvalue weighted by molar-refractivity contribution is -0.134. The summed E-state index contributed by atoms with van der Waals surface area (Å²) in [6.45, 7) is 5.81. The minimum absolute atomic E-state index is 0.000340. The number of aromatic amines is 1. The topological polar surface area (TPSA) is 179 Å². The molecule has 5 N–H and O–H groups in total. The Hall–Kier alpha value is -5.50. The molecule has 1 aliphatic carbocycles. The van der Waals surface area contributed by atoms with E-state index in [0.29, 0.717) is 37.7 Å². The van der Waals surface area contributed by atoms with Gasteiger partial charge in [-0.15, -0.1) is 0 Å². The van der Waals surface area contributed by atoms with Crippen molar-refractivity contribution in [1.29, 1.82) is 0 Å². The van der Waals surface area contributed by atoms with Gasteiger partial charge in [0, 0.05) is 49.4 Å². The highest BCUT2D eigenvalue weighted by Crippen LogP contribution is 2.35. The molecule has 0 bridgehead atoms. The van der Waals surface area contributed by atoms with E-state index in [1.807, 2.05) is 53.6 Å². The Labute approximate surface area is 302 Å². The summed E-state index contributed by atoms with van der Waals surface area (Å²) in [6.07, 6.45) is 9.11. The monoisotopic (exact) mass is 709 g/mol. The van der Waals surface area contributed by atoms with E-state index in [-0.39, 0.29) is 23.8 Å². The molecule has 2 atom stereocenters. The summed E-state index contributed by atoms with van der Waals surface area (Å²) >= 11 is 0. The molecule has 3 heterocycles. The summed E-state index contributed by atoms with van der Waals surface area (Å²) < 4.78 is 10.9. The van der Waals surface area contributed by atoms with Crippen LogP contribution < -0.4 is 21.3 Å². The van der Waals surface area contributed by atoms with Gasteiger partial charge in [-0.2, -0.15) is 0 Å². The Morgan fingerprint density at radius 3 is 2.67 bits per heavy atom. The number of aryl methyl sites for hydroxylation is 1. The van der Waals surface area contributed by atoms with E-state index in [9.17, 15) is 14.4 Å². The van der Waals surface area contributed by atoms with Crippen molar-refractivity contribution in [3.05, 3.63) is 66.2 Å². The van der Waals surface area contributed by atoms with Crippen molar-refractivity contribution in [2.75, 3.05) is 40.3 Å². The van der Waals surface area contributed by atoms with Crippen LogP contribution in [0.2, 0.25) is 0 Å². The Balaban J connectivity index is 1.06. The van der Waals surface area contributed by atoms with Crippen molar-refractivity contribution in [2.45, 2.75) is 57.0 Å². The number of imidazole rings is 1. The molecule has 14 heteroatoms. The van der Waals surface area contributed by atoms with Gasteiger partial charge in [-0.3, -0.25) is 14.6 Å². The van der Waals surface area contributed by atoms with Crippen molar-refractivity contribution in [1.82, 2.24) is 41.1 Å². The number of aliphatic imine (C=N–C) groups is 1. The smallest absolute Gasteiger partial charge is 0.407 e. The highest BCUT2D eigenvalue weighted by molar-refractivity contribution is 5.87. The quantitative estimate of drug-likeness (QED) is 0.0792. The summed E-state index contributed by atoms with van der Waals surface area (Å²) in [6, 6.07) is 13.2. The molecule has 3 amide bonds. The van der Waals surface area contributed by atoms with Crippen LogP contribution in [0.3, 0.4) is 0 Å². The zero-order valence-corrected chi connectivity index (χ0v) is 29.7. The maximum atomic E-state index is 13.5. The minimum atomic E-state index is -0.580. The van der Waals surface area contributed by atoms with Crippen LogP contribution in [0.1, 0.15) is 49.9 Å². The molecule has 0 spiro atoms. The van der Waals surface area contributed by atoms with Crippen LogP contribution in [-0.4, -0.2) is 96.9 Å². The first-order chi connectivity index (χ1) is 25.4. The van der Waals surface area contributed by atoms with Gasteiger partial charge in [-0.1, -0.05) is 12.1 Å². The second-order valence-electron chi connectivity index (χ2n) is 13.2. The first-order valence-electron chi connectivity index (χ1n) is 17.9. The molecule has 1 saturated carbocycles. The van der Waals surface area contributed by atoms with Crippen molar-refractivity contribution in [3.63, 3.8) is 0 Å². The number of aromatic nitrogens is 3. The molecule has 1 saturated heterocycles. The number of likely N-dealkylation sites (tertiary alicyclic amines) is 1. The van der Waals surface area contributed by atoms with Crippen LogP contribution in [0.25, 0.3) is 39.5 Å². The van der Waals surface area contributed by atoms with Crippen molar-refractivity contribution in [3.8, 4) is 22.7 Å². The molecular formula is C38H47N9O5. The Morgan fingerprint density at radius 1 is 1.12 bits per heavy atom. The van der Waals surface area contributed by atoms with Gasteiger partial charge in [-0.05, 0) is 94.1 Å². The first kappa shape index (κ1) is 36.3. The van der Waals surface area contributed by atoms with Crippen LogP contribution in [0.15, 0.2) is 64.3 Å². The Kier molecular flexibility index (Phi) is 12.0. The molecule has 0 radical (unpaired) electrons. The van der Waals surface area contributed by atoms with Crippen LogP contribution in [0, 0.1) is 5.92 Å². The predicted octanol–water partition coefficient (Wildman–Crippen LogP) is 4.26. The number of likely N-dealkylation sites (N-methyl/N-ethyl adjacent to an activating group) is 1. The van der Waals surface area contributed by atoms with Crippen molar-refractivity contribution < 1.29 is 23.5 Å². The standard InChI is InChI=1S/C38H47N9O5/c1-39-21-30(42-20-28-7-6-18-47(28)37(49)35(25-11-12-25)46-38(50)51-3)24-9-13-26(14-10-24)36-45-29-19-27(15-16-32(29)52-36)31-22-43-33(44-31)8-4-5-17-41-34(48)23-40-2/h9-10,13-16,19,21-22,25,28,35,40,42H,1,4-8,11-12,17-18,20,23H2,2-3H3,(H,41,48)(H,43,44)(H,46,50)/b30-21-. The molecule has 6 rings (SSSR count). The maximum Gasteiger partial charge on any atom is 0.407 e. The number of benzene rings is 2. The van der Waals surface area contributed by atoms with Crippen molar-refractivity contribution in [2.24, 2.45) is 10.9 Å². The van der Waals surface area contributed by atoms with E-state index in [0.717, 1.165) is 84.4 Å². The number of hydrogen-bond donors (Lipinski definition) is 5. The lowest BCUT2D eigenvalue weighted by Crippen LogP contribution is -2.52. The second kappa shape index (κ2) is 17.1. The summed E-state index contributed by atoms with van der Waals surface area (Å²) in [4.78, 5) is 55.6. The third kappa shape index (κ3) is 9.04. The zero-order valence-electron chi connectivity index (χ0n) is 29.7. The molecule has 2 aromatic heterocycles. The number of alkyl carbamates (subject to hydrolysis) is 1. The normalized spacial score (nSPS) is 16.5. The number of carbonyl (C=O) groups is 3. The average molecular weight is 710 g/mol. The lowest BCUT2D eigenvalue weighted by Gasteiger charge is -2.30. The fourth-order valence-electron chi connectivity index (χ4n) is 6.57. The maximum absolute atomic E-state index is 13.5. The molecule has 4 aromatic rings. The first-order valence-corrected chi connectivity index (χ1v) is 17.9. The van der Waals surface area contributed by atoms with Gasteiger partial charge in [0.05, 0.1) is 31.2 Å². The molecule has 2 fully saturated rings. The van der Waals surface area contributed by atoms with Crippen LogP contribution >= 0.6 is 0 Å². The molecule has 52 heavy (non-hydrogen) atoms. The average Bonchev–Trinajstić information content (AvgIpc) is 3.49. The largest absolute Gasteiger partial charge is 0.453 e. The number of unbranched alkanes of at least 4 members (excludes halogenated alkanes) is 1. The molecule has 14 nitrogen and oxygen atoms in total. The van der Waals surface area contributed by atoms with E-state index in [1.165, 1.54) is 7.11 Å².